The van der Waals surface area contributed by atoms with Gasteiger partial charge in [-0.2, -0.15) is 0 Å². The first-order valence-corrected chi connectivity index (χ1v) is 8.75. The molecule has 1 aromatic carbocycles. The van der Waals surface area contributed by atoms with E-state index >= 15 is 0 Å². The van der Waals surface area contributed by atoms with Crippen molar-refractivity contribution >= 4 is 27.0 Å². The fourth-order valence-corrected chi connectivity index (χ4v) is 4.47. The van der Waals surface area contributed by atoms with Crippen LogP contribution in [-0.4, -0.2) is 22.6 Å². The highest BCUT2D eigenvalue weighted by atomic mass is 32.2. The van der Waals surface area contributed by atoms with Gasteiger partial charge in [0.05, 0.1) is 6.61 Å². The molecule has 0 aliphatic carbocycles. The van der Waals surface area contributed by atoms with Gasteiger partial charge < -0.3 is 10.1 Å². The van der Waals surface area contributed by atoms with Crippen LogP contribution in [-0.2, 0) is 27.9 Å². The van der Waals surface area contributed by atoms with Crippen LogP contribution in [0.4, 0.5) is 5.69 Å². The average Bonchev–Trinajstić information content (AvgIpc) is 2.89. The molecule has 2 N–H and O–H groups in total. The number of thiophene rings is 1. The Hall–Kier alpha value is -1.41. The van der Waals surface area contributed by atoms with Crippen molar-refractivity contribution < 1.29 is 13.2 Å². The highest BCUT2D eigenvalue weighted by Gasteiger charge is 2.19. The molecule has 0 spiro atoms. The molecular formula is C14H18N2O3S2. The van der Waals surface area contributed by atoms with Crippen molar-refractivity contribution in [1.82, 2.24) is 5.32 Å². The zero-order chi connectivity index (χ0) is 15.3. The number of hydrogen-bond acceptors (Lipinski definition) is 5. The summed E-state index contributed by atoms with van der Waals surface area (Å²) >= 11 is 1.42. The highest BCUT2D eigenvalue weighted by molar-refractivity contribution is 7.93. The second-order valence-corrected chi connectivity index (χ2v) is 7.13. The van der Waals surface area contributed by atoms with Crippen LogP contribution in [0.25, 0.3) is 0 Å². The molecule has 114 valence electrons. The van der Waals surface area contributed by atoms with Gasteiger partial charge in [0, 0.05) is 24.2 Å². The van der Waals surface area contributed by atoms with Crippen LogP contribution < -0.4 is 10.0 Å². The van der Waals surface area contributed by atoms with E-state index in [4.69, 9.17) is 4.74 Å². The lowest BCUT2D eigenvalue weighted by Crippen LogP contribution is -2.15. The number of hydrogen-bond donors (Lipinski definition) is 2. The number of anilines is 1. The maximum atomic E-state index is 12.5. The summed E-state index contributed by atoms with van der Waals surface area (Å²) in [5.74, 6) is 0. The quantitative estimate of drug-likeness (QED) is 0.820. The molecule has 2 aromatic rings. The van der Waals surface area contributed by atoms with Crippen LogP contribution in [0.2, 0.25) is 0 Å². The predicted molar refractivity (Wildman–Crippen MR) is 85.0 cm³/mol. The topological polar surface area (TPSA) is 67.4 Å². The van der Waals surface area contributed by atoms with Crippen molar-refractivity contribution in [2.24, 2.45) is 0 Å². The van der Waals surface area contributed by atoms with E-state index in [1.807, 2.05) is 6.07 Å². The maximum Gasteiger partial charge on any atom is 0.263 e. The van der Waals surface area contributed by atoms with Crippen LogP contribution in [0.5, 0.6) is 0 Å². The van der Waals surface area contributed by atoms with Gasteiger partial charge in [-0.15, -0.1) is 11.3 Å². The molecular weight excluding hydrogens is 308 g/mol. The molecule has 0 aliphatic heterocycles. The molecule has 0 amide bonds. The van der Waals surface area contributed by atoms with Crippen LogP contribution in [0.15, 0.2) is 40.6 Å². The molecule has 0 radical (unpaired) electrons. The van der Waals surface area contributed by atoms with Crippen LogP contribution in [0.3, 0.4) is 0 Å². The Kier molecular flexibility index (Phi) is 5.35. The van der Waals surface area contributed by atoms with E-state index in [2.05, 4.69) is 10.0 Å². The summed E-state index contributed by atoms with van der Waals surface area (Å²) < 4.78 is 32.6. The molecule has 0 fully saturated rings. The van der Waals surface area contributed by atoms with Crippen LogP contribution in [0, 0.1) is 0 Å². The van der Waals surface area contributed by atoms with Crippen molar-refractivity contribution in [1.29, 1.82) is 0 Å². The van der Waals surface area contributed by atoms with Gasteiger partial charge in [0.2, 0.25) is 0 Å². The smallest absolute Gasteiger partial charge is 0.263 e. The number of nitrogens with one attached hydrogen (secondary N) is 2. The zero-order valence-electron chi connectivity index (χ0n) is 11.9. The van der Waals surface area contributed by atoms with Gasteiger partial charge >= 0.3 is 0 Å². The van der Waals surface area contributed by atoms with Gasteiger partial charge in [0.25, 0.3) is 10.0 Å². The standard InChI is InChI=1S/C14H18N2O3S2/c1-15-9-13-14(6-7-20-13)21(17,18)16-12-5-3-4-11(8-12)10-19-2/h3-8,15-16H,9-10H2,1-2H3. The Morgan fingerprint density at radius 3 is 2.81 bits per heavy atom. The molecule has 0 unspecified atom stereocenters. The molecule has 7 heteroatoms. The highest BCUT2D eigenvalue weighted by Crippen LogP contribution is 2.24. The van der Waals surface area contributed by atoms with Gasteiger partial charge in [0.1, 0.15) is 4.90 Å². The molecule has 0 saturated heterocycles. The van der Waals surface area contributed by atoms with Gasteiger partial charge in [-0.05, 0) is 36.2 Å². The lowest BCUT2D eigenvalue weighted by Gasteiger charge is -2.10. The van der Waals surface area contributed by atoms with E-state index in [1.54, 1.807) is 43.8 Å². The number of rotatable bonds is 7. The minimum atomic E-state index is -3.57. The van der Waals surface area contributed by atoms with Gasteiger partial charge in [0.15, 0.2) is 0 Å². The molecule has 2 rings (SSSR count). The van der Waals surface area contributed by atoms with Crippen molar-refractivity contribution in [2.75, 3.05) is 18.9 Å². The van der Waals surface area contributed by atoms with Gasteiger partial charge in [-0.3, -0.25) is 4.72 Å². The summed E-state index contributed by atoms with van der Waals surface area (Å²) in [4.78, 5) is 1.11. The van der Waals surface area contributed by atoms with Crippen molar-refractivity contribution in [3.8, 4) is 0 Å². The largest absolute Gasteiger partial charge is 0.380 e. The Morgan fingerprint density at radius 1 is 1.29 bits per heavy atom. The number of benzene rings is 1. The summed E-state index contributed by atoms with van der Waals surface area (Å²) in [6, 6.07) is 8.80. The molecule has 0 saturated carbocycles. The SMILES string of the molecule is CNCc1sccc1S(=O)(=O)Nc1cccc(COC)c1. The Labute approximate surface area is 129 Å². The normalized spacial score (nSPS) is 11.5. The first kappa shape index (κ1) is 16.0. The van der Waals surface area contributed by atoms with Crippen molar-refractivity contribution in [3.63, 3.8) is 0 Å². The van der Waals surface area contributed by atoms with E-state index in [0.717, 1.165) is 10.4 Å². The third-order valence-electron chi connectivity index (χ3n) is 2.82. The van der Waals surface area contributed by atoms with E-state index in [9.17, 15) is 8.42 Å². The van der Waals surface area contributed by atoms with Crippen molar-refractivity contribution in [2.45, 2.75) is 18.0 Å². The third-order valence-corrected chi connectivity index (χ3v) is 5.34. The second-order valence-electron chi connectivity index (χ2n) is 4.48. The van der Waals surface area contributed by atoms with E-state index < -0.39 is 10.0 Å². The molecule has 0 aliphatic rings. The van der Waals surface area contributed by atoms with E-state index in [-0.39, 0.29) is 0 Å². The van der Waals surface area contributed by atoms with E-state index in [0.29, 0.717) is 23.7 Å². The van der Waals surface area contributed by atoms with Crippen LogP contribution >= 0.6 is 11.3 Å². The number of ether oxygens (including phenoxy) is 1. The molecule has 21 heavy (non-hydrogen) atoms. The van der Waals surface area contributed by atoms with E-state index in [1.165, 1.54) is 11.3 Å². The molecule has 1 heterocycles. The Morgan fingerprint density at radius 2 is 2.10 bits per heavy atom. The Balaban J connectivity index is 2.24. The lowest BCUT2D eigenvalue weighted by atomic mass is 10.2. The molecule has 5 nitrogen and oxygen atoms in total. The summed E-state index contributed by atoms with van der Waals surface area (Å²) in [5.41, 5.74) is 1.45. The fraction of sp³-hybridized carbons (Fsp3) is 0.286. The monoisotopic (exact) mass is 326 g/mol. The number of sulfonamides is 1. The van der Waals surface area contributed by atoms with Gasteiger partial charge in [-0.1, -0.05) is 12.1 Å². The summed E-state index contributed by atoms with van der Waals surface area (Å²) in [6.07, 6.45) is 0. The molecule has 0 bridgehead atoms. The van der Waals surface area contributed by atoms with Crippen molar-refractivity contribution in [3.05, 3.63) is 46.2 Å². The first-order valence-electron chi connectivity index (χ1n) is 6.38. The summed E-state index contributed by atoms with van der Waals surface area (Å²) in [7, 11) is -0.182. The lowest BCUT2D eigenvalue weighted by molar-refractivity contribution is 0.185. The predicted octanol–water partition coefficient (Wildman–Crippen LogP) is 2.41. The minimum Gasteiger partial charge on any atom is -0.380 e. The summed E-state index contributed by atoms with van der Waals surface area (Å²) in [6.45, 7) is 0.969. The second kappa shape index (κ2) is 7.04. The molecule has 1 aromatic heterocycles. The summed E-state index contributed by atoms with van der Waals surface area (Å²) in [5, 5.41) is 4.75. The first-order chi connectivity index (χ1) is 10.1. The van der Waals surface area contributed by atoms with Crippen LogP contribution in [0.1, 0.15) is 10.4 Å². The third kappa shape index (κ3) is 4.04. The zero-order valence-corrected chi connectivity index (χ0v) is 13.6. The molecule has 0 atom stereocenters. The van der Waals surface area contributed by atoms with Gasteiger partial charge in [-0.25, -0.2) is 8.42 Å². The number of methoxy groups -OCH3 is 1. The average molecular weight is 326 g/mol. The Bertz CT molecular complexity index is 696. The fourth-order valence-electron chi connectivity index (χ4n) is 1.96. The maximum absolute atomic E-state index is 12.5. The minimum absolute atomic E-state index is 0.319.